The van der Waals surface area contributed by atoms with Crippen molar-refractivity contribution in [2.24, 2.45) is 0 Å². The lowest BCUT2D eigenvalue weighted by atomic mass is 10.2. The summed E-state index contributed by atoms with van der Waals surface area (Å²) >= 11 is 0. The zero-order valence-corrected chi connectivity index (χ0v) is 13.8. The van der Waals surface area contributed by atoms with Crippen molar-refractivity contribution in [3.05, 3.63) is 54.1 Å². The second-order valence-corrected chi connectivity index (χ2v) is 6.56. The minimum Gasteiger partial charge on any atom is -0.478 e. The summed E-state index contributed by atoms with van der Waals surface area (Å²) in [6.07, 6.45) is 0. The third-order valence-corrected chi connectivity index (χ3v) is 4.59. The molecule has 0 heterocycles. The van der Waals surface area contributed by atoms with Gasteiger partial charge in [-0.05, 0) is 30.3 Å². The summed E-state index contributed by atoms with van der Waals surface area (Å²) in [5, 5.41) is 12.0. The monoisotopic (exact) mass is 350 g/mol. The average Bonchev–Trinajstić information content (AvgIpc) is 2.55. The van der Waals surface area contributed by atoms with Gasteiger partial charge in [0.2, 0.25) is 0 Å². The Morgan fingerprint density at radius 3 is 2.50 bits per heavy atom. The van der Waals surface area contributed by atoms with Gasteiger partial charge in [-0.15, -0.1) is 0 Å². The molecule has 2 aromatic rings. The third kappa shape index (κ3) is 4.46. The van der Waals surface area contributed by atoms with Gasteiger partial charge in [-0.3, -0.25) is 4.72 Å². The average molecular weight is 350 g/mol. The van der Waals surface area contributed by atoms with Crippen molar-refractivity contribution in [2.75, 3.05) is 30.3 Å². The van der Waals surface area contributed by atoms with Crippen molar-refractivity contribution in [3.8, 4) is 0 Å². The summed E-state index contributed by atoms with van der Waals surface area (Å²) in [7, 11) is -2.42. The van der Waals surface area contributed by atoms with Gasteiger partial charge in [0.25, 0.3) is 10.0 Å². The second kappa shape index (κ2) is 7.80. The minimum atomic E-state index is -3.95. The van der Waals surface area contributed by atoms with Crippen molar-refractivity contribution in [1.29, 1.82) is 0 Å². The normalized spacial score (nSPS) is 11.0. The molecule has 0 aliphatic heterocycles. The maximum absolute atomic E-state index is 12.7. The van der Waals surface area contributed by atoms with Crippen LogP contribution in [0.3, 0.4) is 0 Å². The van der Waals surface area contributed by atoms with E-state index in [4.69, 9.17) is 9.84 Å². The maximum atomic E-state index is 12.7. The van der Waals surface area contributed by atoms with Crippen LogP contribution in [0.5, 0.6) is 0 Å². The molecule has 2 rings (SSSR count). The molecule has 8 heteroatoms. The zero-order chi connectivity index (χ0) is 17.6. The summed E-state index contributed by atoms with van der Waals surface area (Å²) in [5.74, 6) is -1.20. The van der Waals surface area contributed by atoms with Crippen LogP contribution in [0.2, 0.25) is 0 Å². The van der Waals surface area contributed by atoms with Crippen molar-refractivity contribution in [3.63, 3.8) is 0 Å². The van der Waals surface area contributed by atoms with Crippen molar-refractivity contribution in [1.82, 2.24) is 0 Å². The lowest BCUT2D eigenvalue weighted by molar-refractivity contribution is 0.0696. The minimum absolute atomic E-state index is 0.110. The predicted octanol–water partition coefficient (Wildman–Crippen LogP) is 2.24. The lowest BCUT2D eigenvalue weighted by Crippen LogP contribution is -2.17. The van der Waals surface area contributed by atoms with Crippen LogP contribution >= 0.6 is 0 Å². The number of para-hydroxylation sites is 1. The largest absolute Gasteiger partial charge is 0.478 e. The van der Waals surface area contributed by atoms with Crippen LogP contribution in [0, 0.1) is 0 Å². The van der Waals surface area contributed by atoms with Crippen LogP contribution in [0.25, 0.3) is 0 Å². The first kappa shape index (κ1) is 17.8. The van der Waals surface area contributed by atoms with E-state index >= 15 is 0 Å². The van der Waals surface area contributed by atoms with E-state index in [1.807, 2.05) is 0 Å². The highest BCUT2D eigenvalue weighted by Crippen LogP contribution is 2.25. The number of methoxy groups -OCH3 is 1. The van der Waals surface area contributed by atoms with E-state index in [1.165, 1.54) is 19.2 Å². The summed E-state index contributed by atoms with van der Waals surface area (Å²) in [5.41, 5.74) is 0.585. The Kier molecular flexibility index (Phi) is 5.78. The van der Waals surface area contributed by atoms with Gasteiger partial charge in [-0.2, -0.15) is 0 Å². The molecule has 2 aromatic carbocycles. The first-order chi connectivity index (χ1) is 11.4. The zero-order valence-electron chi connectivity index (χ0n) is 13.0. The van der Waals surface area contributed by atoms with Gasteiger partial charge in [-0.1, -0.05) is 18.2 Å². The van der Waals surface area contributed by atoms with Crippen LogP contribution in [0.4, 0.5) is 11.4 Å². The molecule has 24 heavy (non-hydrogen) atoms. The molecular weight excluding hydrogens is 332 g/mol. The SMILES string of the molecule is COCCNc1ccc(C(=O)O)cc1S(=O)(=O)Nc1ccccc1. The molecule has 0 aliphatic rings. The van der Waals surface area contributed by atoms with Crippen LogP contribution < -0.4 is 10.0 Å². The Labute approximate surface area is 140 Å². The number of carboxylic acids is 1. The molecule has 0 saturated heterocycles. The Hall–Kier alpha value is -2.58. The van der Waals surface area contributed by atoms with Crippen LogP contribution in [-0.4, -0.2) is 39.8 Å². The fourth-order valence-electron chi connectivity index (χ4n) is 2.03. The van der Waals surface area contributed by atoms with Gasteiger partial charge in [0, 0.05) is 19.3 Å². The predicted molar refractivity (Wildman–Crippen MR) is 91.0 cm³/mol. The number of hydrogen-bond donors (Lipinski definition) is 3. The van der Waals surface area contributed by atoms with Crippen LogP contribution in [0.1, 0.15) is 10.4 Å². The molecule has 0 bridgehead atoms. The number of hydrogen-bond acceptors (Lipinski definition) is 5. The van der Waals surface area contributed by atoms with Gasteiger partial charge >= 0.3 is 5.97 Å². The molecule has 0 fully saturated rings. The van der Waals surface area contributed by atoms with Crippen molar-refractivity contribution >= 4 is 27.4 Å². The van der Waals surface area contributed by atoms with E-state index in [-0.39, 0.29) is 10.5 Å². The lowest BCUT2D eigenvalue weighted by Gasteiger charge is -2.14. The summed E-state index contributed by atoms with van der Waals surface area (Å²) in [6.45, 7) is 0.767. The highest BCUT2D eigenvalue weighted by molar-refractivity contribution is 7.92. The van der Waals surface area contributed by atoms with Crippen LogP contribution in [0.15, 0.2) is 53.4 Å². The topological polar surface area (TPSA) is 105 Å². The summed E-state index contributed by atoms with van der Waals surface area (Å²) in [4.78, 5) is 11.0. The number of aromatic carboxylic acids is 1. The molecule has 7 nitrogen and oxygen atoms in total. The third-order valence-electron chi connectivity index (χ3n) is 3.17. The molecule has 0 unspecified atom stereocenters. The molecule has 0 spiro atoms. The standard InChI is InChI=1S/C16H18N2O5S/c1-23-10-9-17-14-8-7-12(16(19)20)11-15(14)24(21,22)18-13-5-3-2-4-6-13/h2-8,11,17-18H,9-10H2,1H3,(H,19,20). The molecule has 0 atom stereocenters. The number of carboxylic acid groups (broad SMARTS) is 1. The number of ether oxygens (including phenoxy) is 1. The van der Waals surface area contributed by atoms with Gasteiger partial charge in [-0.25, -0.2) is 13.2 Å². The van der Waals surface area contributed by atoms with Crippen molar-refractivity contribution < 1.29 is 23.1 Å². The fourth-order valence-corrected chi connectivity index (χ4v) is 3.30. The second-order valence-electron chi connectivity index (χ2n) is 4.91. The molecule has 0 amide bonds. The van der Waals surface area contributed by atoms with E-state index in [2.05, 4.69) is 10.0 Å². The Morgan fingerprint density at radius 1 is 1.17 bits per heavy atom. The molecule has 0 aliphatic carbocycles. The van der Waals surface area contributed by atoms with E-state index in [0.29, 0.717) is 24.5 Å². The van der Waals surface area contributed by atoms with E-state index < -0.39 is 16.0 Å². The van der Waals surface area contributed by atoms with Gasteiger partial charge in [0.05, 0.1) is 17.9 Å². The van der Waals surface area contributed by atoms with Crippen LogP contribution in [-0.2, 0) is 14.8 Å². The van der Waals surface area contributed by atoms with Crippen molar-refractivity contribution in [2.45, 2.75) is 4.90 Å². The summed E-state index contributed by atoms with van der Waals surface area (Å²) < 4.78 is 32.7. The van der Waals surface area contributed by atoms with Gasteiger partial charge in [0.1, 0.15) is 4.90 Å². The molecule has 0 saturated carbocycles. The fraction of sp³-hybridized carbons (Fsp3) is 0.188. The Balaban J connectivity index is 2.40. The molecule has 0 radical (unpaired) electrons. The van der Waals surface area contributed by atoms with Gasteiger partial charge < -0.3 is 15.2 Å². The molecule has 0 aromatic heterocycles. The number of nitrogens with one attached hydrogen (secondary N) is 2. The summed E-state index contributed by atoms with van der Waals surface area (Å²) in [6, 6.07) is 12.3. The van der Waals surface area contributed by atoms with E-state index in [1.54, 1.807) is 30.3 Å². The van der Waals surface area contributed by atoms with E-state index in [9.17, 15) is 13.2 Å². The first-order valence-corrected chi connectivity index (χ1v) is 8.60. The number of sulfonamides is 1. The maximum Gasteiger partial charge on any atom is 0.335 e. The quantitative estimate of drug-likeness (QED) is 0.631. The van der Waals surface area contributed by atoms with E-state index in [0.717, 1.165) is 6.07 Å². The molecular formula is C16H18N2O5S. The number of anilines is 2. The molecule has 128 valence electrons. The Bertz CT molecular complexity index is 806. The smallest absolute Gasteiger partial charge is 0.335 e. The highest BCUT2D eigenvalue weighted by atomic mass is 32.2. The number of benzene rings is 2. The highest BCUT2D eigenvalue weighted by Gasteiger charge is 2.21. The molecule has 3 N–H and O–H groups in total. The first-order valence-electron chi connectivity index (χ1n) is 7.12. The number of rotatable bonds is 8. The van der Waals surface area contributed by atoms with Gasteiger partial charge in [0.15, 0.2) is 0 Å². The number of carbonyl (C=O) groups is 1. The Morgan fingerprint density at radius 2 is 1.88 bits per heavy atom.